The van der Waals surface area contributed by atoms with Gasteiger partial charge < -0.3 is 10.6 Å². The van der Waals surface area contributed by atoms with E-state index in [-0.39, 0.29) is 22.0 Å². The van der Waals surface area contributed by atoms with Crippen molar-refractivity contribution in [2.45, 2.75) is 6.18 Å². The summed E-state index contributed by atoms with van der Waals surface area (Å²) in [5, 5.41) is 6.43. The third-order valence-electron chi connectivity index (χ3n) is 3.96. The van der Waals surface area contributed by atoms with Gasteiger partial charge in [-0.05, 0) is 18.2 Å². The van der Waals surface area contributed by atoms with Crippen molar-refractivity contribution in [1.82, 2.24) is 14.3 Å². The number of nitrogens with zero attached hydrogens (tertiary/aromatic N) is 2. The fourth-order valence-electron chi connectivity index (χ4n) is 2.46. The molecule has 13 heteroatoms. The molecule has 164 valence electrons. The molecule has 3 rings (SSSR count). The van der Waals surface area contributed by atoms with Crippen LogP contribution in [0.25, 0.3) is 11.3 Å². The normalized spacial score (nSPS) is 11.9. The van der Waals surface area contributed by atoms with E-state index in [2.05, 4.69) is 15.6 Å². The van der Waals surface area contributed by atoms with Crippen LogP contribution in [0.2, 0.25) is 0 Å². The minimum Gasteiger partial charge on any atom is -0.343 e. The molecule has 0 unspecified atom stereocenters. The van der Waals surface area contributed by atoms with Crippen LogP contribution in [0, 0.1) is 0 Å². The number of halogens is 3. The Kier molecular flexibility index (Phi) is 6.18. The van der Waals surface area contributed by atoms with Gasteiger partial charge in [-0.15, -0.1) is 11.3 Å². The van der Waals surface area contributed by atoms with Crippen molar-refractivity contribution in [2.24, 2.45) is 0 Å². The van der Waals surface area contributed by atoms with Gasteiger partial charge in [-0.1, -0.05) is 12.1 Å². The number of hydrogen-bond acceptors (Lipinski definition) is 6. The molecule has 31 heavy (non-hydrogen) atoms. The lowest BCUT2D eigenvalue weighted by atomic mass is 10.1. The van der Waals surface area contributed by atoms with Gasteiger partial charge in [0.05, 0.1) is 29.6 Å². The maximum atomic E-state index is 12.9. The Hall–Kier alpha value is -3.19. The van der Waals surface area contributed by atoms with Crippen LogP contribution in [0.1, 0.15) is 15.9 Å². The molecule has 1 aromatic carbocycles. The number of benzene rings is 1. The van der Waals surface area contributed by atoms with Gasteiger partial charge in [0.25, 0.3) is 5.91 Å². The number of hydrogen-bond donors (Lipinski definition) is 2. The number of amides is 2. The zero-order chi connectivity index (χ0) is 22.8. The molecule has 8 nitrogen and oxygen atoms in total. The Balaban J connectivity index is 1.59. The lowest BCUT2D eigenvalue weighted by molar-refractivity contribution is -0.137. The van der Waals surface area contributed by atoms with Crippen LogP contribution in [-0.2, 0) is 21.0 Å². The molecule has 0 aliphatic carbocycles. The molecule has 2 heterocycles. The van der Waals surface area contributed by atoms with Gasteiger partial charge in [0.1, 0.15) is 0 Å². The first-order chi connectivity index (χ1) is 14.4. The van der Waals surface area contributed by atoms with Gasteiger partial charge in [0, 0.05) is 23.3 Å². The first kappa shape index (κ1) is 22.5. The van der Waals surface area contributed by atoms with Crippen LogP contribution in [0.5, 0.6) is 0 Å². The number of rotatable bonds is 6. The maximum Gasteiger partial charge on any atom is 0.416 e. The molecule has 3 aromatic rings. The molecule has 0 aliphatic rings. The van der Waals surface area contributed by atoms with Crippen molar-refractivity contribution < 1.29 is 31.2 Å². The molecule has 0 bridgehead atoms. The van der Waals surface area contributed by atoms with Crippen molar-refractivity contribution in [3.05, 3.63) is 59.2 Å². The molecule has 0 aliphatic heterocycles. The fraction of sp³-hybridized carbons (Fsp3) is 0.167. The molecule has 2 aromatic heterocycles. The molecule has 0 atom stereocenters. The van der Waals surface area contributed by atoms with Crippen LogP contribution in [0.15, 0.2) is 48.1 Å². The van der Waals surface area contributed by atoms with E-state index in [0.717, 1.165) is 39.9 Å². The summed E-state index contributed by atoms with van der Waals surface area (Å²) >= 11 is 1.02. The average Bonchev–Trinajstić information content (AvgIpc) is 3.35. The topological polar surface area (TPSA) is 110 Å². The van der Waals surface area contributed by atoms with Crippen LogP contribution < -0.4 is 10.6 Å². The molecule has 2 amide bonds. The van der Waals surface area contributed by atoms with E-state index in [9.17, 15) is 31.2 Å². The van der Waals surface area contributed by atoms with E-state index in [0.29, 0.717) is 0 Å². The average molecular weight is 472 g/mol. The summed E-state index contributed by atoms with van der Waals surface area (Å²) in [6.45, 7) is -0.415. The molecule has 0 saturated carbocycles. The summed E-state index contributed by atoms with van der Waals surface area (Å²) in [6, 6.07) is 5.94. The van der Waals surface area contributed by atoms with Gasteiger partial charge in [0.2, 0.25) is 15.9 Å². The van der Waals surface area contributed by atoms with Crippen LogP contribution in [0.3, 0.4) is 0 Å². The predicted octanol–water partition coefficient (Wildman–Crippen LogP) is 2.81. The largest absolute Gasteiger partial charge is 0.416 e. The van der Waals surface area contributed by atoms with Crippen molar-refractivity contribution in [3.63, 3.8) is 0 Å². The third kappa shape index (κ3) is 5.70. The van der Waals surface area contributed by atoms with E-state index >= 15 is 0 Å². The van der Waals surface area contributed by atoms with Gasteiger partial charge >= 0.3 is 6.18 Å². The van der Waals surface area contributed by atoms with Crippen LogP contribution in [0.4, 0.5) is 18.3 Å². The zero-order valence-electron chi connectivity index (χ0n) is 15.8. The number of thiazole rings is 1. The van der Waals surface area contributed by atoms with E-state index in [4.69, 9.17) is 0 Å². The summed E-state index contributed by atoms with van der Waals surface area (Å²) < 4.78 is 62.3. The standard InChI is InChI=1S/C18H15F3N4O4S2/c1-31(28,29)25-6-5-12(9-25)16(27)22-8-15(26)24-17-23-14(10-30-17)11-3-2-4-13(7-11)18(19,20)21/h2-7,9-10H,8H2,1H3,(H,22,27)(H,23,24,26). The van der Waals surface area contributed by atoms with Crippen molar-refractivity contribution in [3.8, 4) is 11.3 Å². The third-order valence-corrected chi connectivity index (χ3v) is 5.71. The van der Waals surface area contributed by atoms with E-state index in [1.807, 2.05) is 0 Å². The summed E-state index contributed by atoms with van der Waals surface area (Å²) in [5.41, 5.74) is -0.247. The number of aromatic nitrogens is 2. The van der Waals surface area contributed by atoms with Crippen molar-refractivity contribution >= 4 is 38.3 Å². The highest BCUT2D eigenvalue weighted by molar-refractivity contribution is 7.89. The SMILES string of the molecule is CS(=O)(=O)n1ccc(C(=O)NCC(=O)Nc2nc(-c3cccc(C(F)(F)F)c3)cs2)c1. The maximum absolute atomic E-state index is 12.9. The second-order valence-corrected chi connectivity index (χ2v) is 9.09. The van der Waals surface area contributed by atoms with Crippen LogP contribution >= 0.6 is 11.3 Å². The number of anilines is 1. The number of carbonyl (C=O) groups is 2. The molecule has 0 fully saturated rings. The number of alkyl halides is 3. The lowest BCUT2D eigenvalue weighted by Gasteiger charge is -2.07. The first-order valence-electron chi connectivity index (χ1n) is 8.53. The van der Waals surface area contributed by atoms with Gasteiger partial charge in [-0.25, -0.2) is 13.4 Å². The van der Waals surface area contributed by atoms with Gasteiger partial charge in [0.15, 0.2) is 5.13 Å². The highest BCUT2D eigenvalue weighted by Gasteiger charge is 2.30. The molecule has 0 saturated heterocycles. The van der Waals surface area contributed by atoms with E-state index in [1.165, 1.54) is 29.8 Å². The monoisotopic (exact) mass is 472 g/mol. The highest BCUT2D eigenvalue weighted by atomic mass is 32.2. The Labute approximate surface area is 178 Å². The molecular formula is C18H15F3N4O4S2. The second kappa shape index (κ2) is 8.51. The Bertz CT molecular complexity index is 1230. The molecule has 2 N–H and O–H groups in total. The summed E-state index contributed by atoms with van der Waals surface area (Å²) in [5.74, 6) is -1.26. The molecular weight excluding hydrogens is 457 g/mol. The first-order valence-corrected chi connectivity index (χ1v) is 11.3. The minimum absolute atomic E-state index is 0.0549. The van der Waals surface area contributed by atoms with Crippen LogP contribution in [-0.4, -0.2) is 42.0 Å². The smallest absolute Gasteiger partial charge is 0.343 e. The van der Waals surface area contributed by atoms with Gasteiger partial charge in [-0.3, -0.25) is 13.6 Å². The Morgan fingerprint density at radius 2 is 1.97 bits per heavy atom. The van der Waals surface area contributed by atoms with E-state index in [1.54, 1.807) is 0 Å². The zero-order valence-corrected chi connectivity index (χ0v) is 17.4. The van der Waals surface area contributed by atoms with E-state index < -0.39 is 40.1 Å². The Morgan fingerprint density at radius 1 is 1.23 bits per heavy atom. The quantitative estimate of drug-likeness (QED) is 0.573. The molecule has 0 spiro atoms. The molecule has 0 radical (unpaired) electrons. The summed E-state index contributed by atoms with van der Waals surface area (Å²) in [6.07, 6.45) is -1.19. The lowest BCUT2D eigenvalue weighted by Crippen LogP contribution is -2.32. The minimum atomic E-state index is -4.48. The predicted molar refractivity (Wildman–Crippen MR) is 108 cm³/mol. The Morgan fingerprint density at radius 3 is 2.61 bits per heavy atom. The second-order valence-electron chi connectivity index (χ2n) is 6.34. The summed E-state index contributed by atoms with van der Waals surface area (Å²) in [7, 11) is -3.53. The van der Waals surface area contributed by atoms with Crippen molar-refractivity contribution in [2.75, 3.05) is 18.1 Å². The number of nitrogens with one attached hydrogen (secondary N) is 2. The number of carbonyl (C=O) groups excluding carboxylic acids is 2. The highest BCUT2D eigenvalue weighted by Crippen LogP contribution is 2.33. The van der Waals surface area contributed by atoms with Gasteiger partial charge in [-0.2, -0.15) is 13.2 Å². The van der Waals surface area contributed by atoms with Crippen molar-refractivity contribution in [1.29, 1.82) is 0 Å². The fourth-order valence-corrected chi connectivity index (χ4v) is 3.79. The summed E-state index contributed by atoms with van der Waals surface area (Å²) in [4.78, 5) is 28.2.